The normalized spacial score (nSPS) is 15.8. The number of hydrogen-bond donors (Lipinski definition) is 1. The van der Waals surface area contributed by atoms with Crippen LogP contribution in [0.25, 0.3) is 6.08 Å². The van der Waals surface area contributed by atoms with Gasteiger partial charge in [-0.2, -0.15) is 0 Å². The van der Waals surface area contributed by atoms with E-state index in [0.29, 0.717) is 21.4 Å². The number of hydrogen-bond acceptors (Lipinski definition) is 7. The van der Waals surface area contributed by atoms with Crippen LogP contribution < -0.4 is 14.8 Å². The fourth-order valence-electron chi connectivity index (χ4n) is 2.89. The van der Waals surface area contributed by atoms with E-state index in [1.165, 1.54) is 26.0 Å². The van der Waals surface area contributed by atoms with Gasteiger partial charge in [0.25, 0.3) is 5.91 Å². The lowest BCUT2D eigenvalue weighted by atomic mass is 10.1. The van der Waals surface area contributed by atoms with Gasteiger partial charge in [0.05, 0.1) is 29.8 Å². The zero-order valence-electron chi connectivity index (χ0n) is 17.7. The summed E-state index contributed by atoms with van der Waals surface area (Å²) in [7, 11) is 2.72. The number of aryl methyl sites for hydroxylation is 2. The van der Waals surface area contributed by atoms with Gasteiger partial charge in [-0.15, -0.1) is 0 Å². The van der Waals surface area contributed by atoms with Crippen molar-refractivity contribution in [3.8, 4) is 11.5 Å². The number of nitrogens with one attached hydrogen (secondary N) is 1. The summed E-state index contributed by atoms with van der Waals surface area (Å²) < 4.78 is 16.3. The number of carbonyl (C=O) groups is 2. The summed E-state index contributed by atoms with van der Waals surface area (Å²) in [5.74, 6) is -0.267. The summed E-state index contributed by atoms with van der Waals surface area (Å²) >= 11 is 11.1. The molecule has 1 aliphatic rings. The molecule has 1 saturated heterocycles. The number of benzene rings is 2. The average Bonchev–Trinajstić information content (AvgIpc) is 3.08. The van der Waals surface area contributed by atoms with Crippen LogP contribution in [0.4, 0.5) is 5.69 Å². The van der Waals surface area contributed by atoms with Crippen LogP contribution in [0.15, 0.2) is 38.6 Å². The highest BCUT2D eigenvalue weighted by molar-refractivity contribution is 9.10. The Bertz CT molecular complexity index is 1130. The molecule has 0 bridgehead atoms. The third-order valence-corrected chi connectivity index (χ3v) is 6.86. The Kier molecular flexibility index (Phi) is 7.86. The molecule has 2 aromatic carbocycles. The van der Waals surface area contributed by atoms with E-state index in [1.807, 2.05) is 26.0 Å². The summed E-state index contributed by atoms with van der Waals surface area (Å²) in [5.41, 5.74) is 3.51. The highest BCUT2D eigenvalue weighted by Gasteiger charge is 2.24. The molecule has 0 saturated carbocycles. The maximum atomic E-state index is 12.5. The van der Waals surface area contributed by atoms with E-state index in [9.17, 15) is 9.59 Å². The molecule has 0 radical (unpaired) electrons. The highest BCUT2D eigenvalue weighted by Crippen LogP contribution is 2.38. The number of thioether (sulfide) groups is 1. The van der Waals surface area contributed by atoms with Crippen LogP contribution in [0.1, 0.15) is 16.7 Å². The minimum atomic E-state index is -0.545. The van der Waals surface area contributed by atoms with Gasteiger partial charge in [0, 0.05) is 4.47 Å². The number of aliphatic imine (C=N–C) groups is 1. The second-order valence-electron chi connectivity index (χ2n) is 6.77. The van der Waals surface area contributed by atoms with E-state index in [-0.39, 0.29) is 23.3 Å². The number of amides is 1. The van der Waals surface area contributed by atoms with E-state index in [4.69, 9.17) is 21.1 Å². The monoisotopic (exact) mass is 538 g/mol. The largest absolute Gasteiger partial charge is 0.493 e. The minimum absolute atomic E-state index is 0.216. The molecule has 1 amide bonds. The van der Waals surface area contributed by atoms with E-state index in [1.54, 1.807) is 18.2 Å². The first-order chi connectivity index (χ1) is 15.2. The lowest BCUT2D eigenvalue weighted by Crippen LogP contribution is -2.19. The first-order valence-corrected chi connectivity index (χ1v) is 11.3. The summed E-state index contributed by atoms with van der Waals surface area (Å²) in [4.78, 5) is 28.8. The molecular weight excluding hydrogens is 520 g/mol. The summed E-state index contributed by atoms with van der Waals surface area (Å²) in [6.07, 6.45) is 1.68. The summed E-state index contributed by atoms with van der Waals surface area (Å²) in [6.45, 7) is 3.67. The topological polar surface area (TPSA) is 86.2 Å². The number of carbonyl (C=O) groups excluding carboxylic acids is 2. The Hall–Kier alpha value is -2.49. The van der Waals surface area contributed by atoms with Crippen molar-refractivity contribution >= 4 is 68.1 Å². The molecule has 0 aromatic heterocycles. The fraction of sp³-hybridized carbons (Fsp3) is 0.227. The standard InChI is InChI=1S/C22H20BrClN2O5S/c1-11-5-14(6-12(2)19(11)23)25-22-26-21(28)17(32-22)9-13-7-15(24)20(16(8-13)29-3)31-10-18(27)30-4/h5-9H,10H2,1-4H3,(H,25,26,28)/b17-9-. The molecule has 7 nitrogen and oxygen atoms in total. The number of nitrogens with zero attached hydrogens (tertiary/aromatic N) is 1. The minimum Gasteiger partial charge on any atom is -0.493 e. The Balaban J connectivity index is 1.84. The fourth-order valence-corrected chi connectivity index (χ4v) is 4.23. The van der Waals surface area contributed by atoms with Gasteiger partial charge in [0.1, 0.15) is 0 Å². The molecule has 0 atom stereocenters. The highest BCUT2D eigenvalue weighted by atomic mass is 79.9. The molecule has 0 unspecified atom stereocenters. The molecule has 168 valence electrons. The molecule has 2 aromatic rings. The number of halogens is 2. The molecule has 10 heteroatoms. The third kappa shape index (κ3) is 5.65. The van der Waals surface area contributed by atoms with Crippen molar-refractivity contribution in [2.24, 2.45) is 4.99 Å². The predicted molar refractivity (Wildman–Crippen MR) is 130 cm³/mol. The maximum absolute atomic E-state index is 12.5. The number of methoxy groups -OCH3 is 2. The molecule has 1 fully saturated rings. The van der Waals surface area contributed by atoms with Crippen LogP contribution in [0.5, 0.6) is 11.5 Å². The average molecular weight is 540 g/mol. The first kappa shape index (κ1) is 24.2. The second-order valence-corrected chi connectivity index (χ2v) is 9.01. The van der Waals surface area contributed by atoms with Crippen molar-refractivity contribution in [1.82, 2.24) is 5.32 Å². The Morgan fingerprint density at radius 1 is 1.22 bits per heavy atom. The van der Waals surface area contributed by atoms with Crippen molar-refractivity contribution in [1.29, 1.82) is 0 Å². The van der Waals surface area contributed by atoms with Crippen molar-refractivity contribution in [2.75, 3.05) is 20.8 Å². The SMILES string of the molecule is COC(=O)COc1c(Cl)cc(/C=C2\SC(=Nc3cc(C)c(Br)c(C)c3)NC2=O)cc1OC. The van der Waals surface area contributed by atoms with Crippen LogP contribution in [0.2, 0.25) is 5.02 Å². The molecule has 3 rings (SSSR count). The van der Waals surface area contributed by atoms with Gasteiger partial charge in [-0.1, -0.05) is 27.5 Å². The van der Waals surface area contributed by atoms with Gasteiger partial charge in [0.15, 0.2) is 23.3 Å². The van der Waals surface area contributed by atoms with Gasteiger partial charge in [-0.3, -0.25) is 4.79 Å². The quantitative estimate of drug-likeness (QED) is 0.403. The lowest BCUT2D eigenvalue weighted by molar-refractivity contribution is -0.142. The number of rotatable bonds is 6. The molecule has 1 N–H and O–H groups in total. The molecule has 0 spiro atoms. The molecule has 32 heavy (non-hydrogen) atoms. The van der Waals surface area contributed by atoms with E-state index >= 15 is 0 Å². The van der Waals surface area contributed by atoms with Gasteiger partial charge >= 0.3 is 5.97 Å². The smallest absolute Gasteiger partial charge is 0.343 e. The maximum Gasteiger partial charge on any atom is 0.343 e. The number of ether oxygens (including phenoxy) is 3. The third-order valence-electron chi connectivity index (χ3n) is 4.41. The zero-order chi connectivity index (χ0) is 23.4. The van der Waals surface area contributed by atoms with Crippen LogP contribution in [-0.4, -0.2) is 37.9 Å². The van der Waals surface area contributed by atoms with Gasteiger partial charge in [-0.25, -0.2) is 9.79 Å². The van der Waals surface area contributed by atoms with Crippen LogP contribution in [-0.2, 0) is 14.3 Å². The van der Waals surface area contributed by atoms with Gasteiger partial charge in [0.2, 0.25) is 0 Å². The zero-order valence-corrected chi connectivity index (χ0v) is 20.9. The Morgan fingerprint density at radius 3 is 2.53 bits per heavy atom. The van der Waals surface area contributed by atoms with Crippen molar-refractivity contribution in [2.45, 2.75) is 13.8 Å². The van der Waals surface area contributed by atoms with Crippen LogP contribution in [0, 0.1) is 13.8 Å². The molecular formula is C22H20BrClN2O5S. The second kappa shape index (κ2) is 10.4. The van der Waals surface area contributed by atoms with E-state index in [0.717, 1.165) is 21.3 Å². The lowest BCUT2D eigenvalue weighted by Gasteiger charge is -2.12. The molecule has 0 aliphatic carbocycles. The number of amidine groups is 1. The van der Waals surface area contributed by atoms with Gasteiger partial charge in [-0.05, 0) is 72.6 Å². The predicted octanol–water partition coefficient (Wildman–Crippen LogP) is 5.17. The Morgan fingerprint density at radius 2 is 1.91 bits per heavy atom. The summed E-state index contributed by atoms with van der Waals surface area (Å²) in [5, 5.41) is 3.49. The molecule has 1 heterocycles. The Labute approximate surface area is 203 Å². The number of esters is 1. The van der Waals surface area contributed by atoms with Crippen molar-refractivity contribution in [3.05, 3.63) is 55.4 Å². The first-order valence-electron chi connectivity index (χ1n) is 9.35. The van der Waals surface area contributed by atoms with Gasteiger partial charge < -0.3 is 19.5 Å². The van der Waals surface area contributed by atoms with Crippen LogP contribution >= 0.6 is 39.3 Å². The van der Waals surface area contributed by atoms with Crippen LogP contribution in [0.3, 0.4) is 0 Å². The molecule has 1 aliphatic heterocycles. The van der Waals surface area contributed by atoms with E-state index in [2.05, 4.69) is 31.0 Å². The van der Waals surface area contributed by atoms with E-state index < -0.39 is 5.97 Å². The summed E-state index contributed by atoms with van der Waals surface area (Å²) in [6, 6.07) is 7.16. The van der Waals surface area contributed by atoms with Crippen molar-refractivity contribution in [3.63, 3.8) is 0 Å². The van der Waals surface area contributed by atoms with Crippen molar-refractivity contribution < 1.29 is 23.8 Å².